The number of nitrogens with zero attached hydrogens (tertiary/aromatic N) is 1. The van der Waals surface area contributed by atoms with Gasteiger partial charge in [-0.25, -0.2) is 0 Å². The first-order valence-electron chi connectivity index (χ1n) is 7.44. The molecule has 1 fully saturated rings. The third kappa shape index (κ3) is 3.34. The van der Waals surface area contributed by atoms with Crippen LogP contribution in [0.25, 0.3) is 0 Å². The van der Waals surface area contributed by atoms with E-state index in [1.54, 1.807) is 25.1 Å². The van der Waals surface area contributed by atoms with Gasteiger partial charge in [-0.05, 0) is 43.9 Å². The van der Waals surface area contributed by atoms with E-state index in [1.165, 1.54) is 6.07 Å². The monoisotopic (exact) mass is 326 g/mol. The Morgan fingerprint density at radius 2 is 2.04 bits per heavy atom. The maximum Gasteiger partial charge on any atom is 0.352 e. The van der Waals surface area contributed by atoms with Gasteiger partial charge in [0.2, 0.25) is 5.91 Å². The third-order valence-electron chi connectivity index (χ3n) is 4.17. The lowest BCUT2D eigenvalue weighted by atomic mass is 9.75. The van der Waals surface area contributed by atoms with E-state index < -0.39 is 23.3 Å². The summed E-state index contributed by atoms with van der Waals surface area (Å²) < 4.78 is 28.9. The van der Waals surface area contributed by atoms with E-state index >= 15 is 0 Å². The Bertz CT molecular complexity index is 615. The smallest absolute Gasteiger partial charge is 0.352 e. The number of alkyl halides is 2. The van der Waals surface area contributed by atoms with E-state index in [-0.39, 0.29) is 31.5 Å². The zero-order valence-electron chi connectivity index (χ0n) is 12.9. The Balaban J connectivity index is 2.32. The molecular weight excluding hydrogens is 306 g/mol. The van der Waals surface area contributed by atoms with Crippen molar-refractivity contribution in [1.82, 2.24) is 0 Å². The number of carbonyl (C=O) groups excluding carboxylic acids is 2. The van der Waals surface area contributed by atoms with Crippen LogP contribution in [0.2, 0.25) is 0 Å². The number of amides is 2. The van der Waals surface area contributed by atoms with Crippen LogP contribution in [0, 0.1) is 6.92 Å². The van der Waals surface area contributed by atoms with Gasteiger partial charge in [-0.3, -0.25) is 9.59 Å². The molecule has 1 aliphatic carbocycles. The van der Waals surface area contributed by atoms with Crippen LogP contribution in [-0.2, 0) is 9.59 Å². The quantitative estimate of drug-likeness (QED) is 0.835. The predicted octanol–water partition coefficient (Wildman–Crippen LogP) is 1.75. The topological polar surface area (TPSA) is 83.6 Å². The van der Waals surface area contributed by atoms with Gasteiger partial charge in [0.15, 0.2) is 0 Å². The van der Waals surface area contributed by atoms with Crippen molar-refractivity contribution in [2.24, 2.45) is 5.73 Å². The summed E-state index contributed by atoms with van der Waals surface area (Å²) in [6, 6.07) is 6.47. The zero-order valence-corrected chi connectivity index (χ0v) is 12.9. The average molecular weight is 326 g/mol. The molecule has 126 valence electrons. The molecule has 5 nitrogen and oxygen atoms in total. The molecule has 0 aliphatic heterocycles. The van der Waals surface area contributed by atoms with Crippen LogP contribution < -0.4 is 10.6 Å². The second kappa shape index (κ2) is 6.23. The number of halogens is 2. The number of anilines is 1. The van der Waals surface area contributed by atoms with E-state index in [1.807, 2.05) is 0 Å². The van der Waals surface area contributed by atoms with E-state index in [0.29, 0.717) is 6.42 Å². The van der Waals surface area contributed by atoms with Gasteiger partial charge in [0.1, 0.15) is 5.60 Å². The second-order valence-corrected chi connectivity index (χ2v) is 5.97. The zero-order chi connectivity index (χ0) is 17.3. The van der Waals surface area contributed by atoms with Gasteiger partial charge in [0, 0.05) is 18.7 Å². The molecule has 0 saturated heterocycles. The summed E-state index contributed by atoms with van der Waals surface area (Å²) in [6.07, 6.45) is -0.0360. The molecule has 1 aliphatic rings. The molecule has 1 aromatic rings. The van der Waals surface area contributed by atoms with E-state index in [9.17, 15) is 23.5 Å². The van der Waals surface area contributed by atoms with Crippen LogP contribution in [0.3, 0.4) is 0 Å². The van der Waals surface area contributed by atoms with E-state index in [2.05, 4.69) is 0 Å². The molecule has 0 aromatic heterocycles. The SMILES string of the molecule is Cc1cccc(N(CCC(N)=O)C(=O)C(F)(F)C2(O)CCC2)c1. The van der Waals surface area contributed by atoms with Crippen molar-refractivity contribution < 1.29 is 23.5 Å². The van der Waals surface area contributed by atoms with Gasteiger partial charge in [-0.1, -0.05) is 12.1 Å². The fourth-order valence-corrected chi connectivity index (χ4v) is 2.56. The Hall–Kier alpha value is -2.02. The lowest BCUT2D eigenvalue weighted by molar-refractivity contribution is -0.213. The molecule has 1 aromatic carbocycles. The van der Waals surface area contributed by atoms with Gasteiger partial charge in [0.25, 0.3) is 0 Å². The normalized spacial score (nSPS) is 16.5. The van der Waals surface area contributed by atoms with Crippen LogP contribution in [0.1, 0.15) is 31.2 Å². The van der Waals surface area contributed by atoms with Gasteiger partial charge < -0.3 is 15.7 Å². The Kier molecular flexibility index (Phi) is 4.70. The molecular formula is C16H20F2N2O3. The molecule has 23 heavy (non-hydrogen) atoms. The molecule has 0 spiro atoms. The van der Waals surface area contributed by atoms with Crippen LogP contribution in [0.15, 0.2) is 24.3 Å². The minimum atomic E-state index is -3.91. The van der Waals surface area contributed by atoms with E-state index in [0.717, 1.165) is 10.5 Å². The Morgan fingerprint density at radius 1 is 1.39 bits per heavy atom. The standard InChI is InChI=1S/C16H20F2N2O3/c1-11-4-2-5-12(10-11)20(9-6-13(19)21)14(22)16(17,18)15(23)7-3-8-15/h2,4-5,10,23H,3,6-9H2,1H3,(H2,19,21). The Morgan fingerprint density at radius 3 is 2.52 bits per heavy atom. The van der Waals surface area contributed by atoms with E-state index in [4.69, 9.17) is 5.73 Å². The highest BCUT2D eigenvalue weighted by molar-refractivity contribution is 5.99. The van der Waals surface area contributed by atoms with Gasteiger partial charge in [-0.2, -0.15) is 8.78 Å². The lowest BCUT2D eigenvalue weighted by Gasteiger charge is -2.43. The highest BCUT2D eigenvalue weighted by Gasteiger charge is 2.62. The molecule has 0 unspecified atom stereocenters. The van der Waals surface area contributed by atoms with Crippen molar-refractivity contribution in [3.8, 4) is 0 Å². The van der Waals surface area contributed by atoms with Crippen molar-refractivity contribution in [3.05, 3.63) is 29.8 Å². The predicted molar refractivity (Wildman–Crippen MR) is 81.1 cm³/mol. The molecule has 0 atom stereocenters. The molecule has 1 saturated carbocycles. The fourth-order valence-electron chi connectivity index (χ4n) is 2.56. The number of nitrogens with two attached hydrogens (primary N) is 1. The largest absolute Gasteiger partial charge is 0.383 e. The van der Waals surface area contributed by atoms with Crippen LogP contribution in [0.5, 0.6) is 0 Å². The number of rotatable bonds is 6. The molecule has 2 amide bonds. The van der Waals surface area contributed by atoms with Crippen molar-refractivity contribution in [2.45, 2.75) is 44.1 Å². The molecule has 7 heteroatoms. The van der Waals surface area contributed by atoms with Crippen LogP contribution in [-0.4, -0.2) is 35.0 Å². The lowest BCUT2D eigenvalue weighted by Crippen LogP contribution is -2.61. The summed E-state index contributed by atoms with van der Waals surface area (Å²) in [6.45, 7) is 1.50. The van der Waals surface area contributed by atoms with Crippen molar-refractivity contribution in [1.29, 1.82) is 0 Å². The minimum absolute atomic E-state index is 0.122. The molecule has 2 rings (SSSR count). The number of aliphatic hydroxyl groups is 1. The summed E-state index contributed by atoms with van der Waals surface area (Å²) in [5.74, 6) is -6.11. The number of carbonyl (C=O) groups is 2. The van der Waals surface area contributed by atoms with Crippen LogP contribution >= 0.6 is 0 Å². The average Bonchev–Trinajstić information content (AvgIpc) is 2.44. The molecule has 0 bridgehead atoms. The fraction of sp³-hybridized carbons (Fsp3) is 0.500. The van der Waals surface area contributed by atoms with Gasteiger partial charge in [0.05, 0.1) is 0 Å². The first kappa shape index (κ1) is 17.3. The van der Waals surface area contributed by atoms with Crippen LogP contribution in [0.4, 0.5) is 14.5 Å². The Labute approximate surface area is 133 Å². The number of hydrogen-bond donors (Lipinski definition) is 2. The molecule has 3 N–H and O–H groups in total. The van der Waals surface area contributed by atoms with Gasteiger partial charge >= 0.3 is 11.8 Å². The highest BCUT2D eigenvalue weighted by Crippen LogP contribution is 2.45. The summed E-state index contributed by atoms with van der Waals surface area (Å²) in [7, 11) is 0. The first-order valence-corrected chi connectivity index (χ1v) is 7.44. The minimum Gasteiger partial charge on any atom is -0.383 e. The summed E-state index contributed by atoms with van der Waals surface area (Å²) in [4.78, 5) is 24.2. The van der Waals surface area contributed by atoms with Gasteiger partial charge in [-0.15, -0.1) is 0 Å². The number of primary amides is 1. The summed E-state index contributed by atoms with van der Waals surface area (Å²) in [5, 5.41) is 9.95. The highest BCUT2D eigenvalue weighted by atomic mass is 19.3. The maximum absolute atomic E-state index is 14.5. The second-order valence-electron chi connectivity index (χ2n) is 5.97. The van der Waals surface area contributed by atoms with Crippen molar-refractivity contribution in [3.63, 3.8) is 0 Å². The summed E-state index contributed by atoms with van der Waals surface area (Å²) in [5.41, 5.74) is 3.79. The molecule has 0 heterocycles. The first-order chi connectivity index (χ1) is 10.7. The third-order valence-corrected chi connectivity index (χ3v) is 4.17. The number of hydrogen-bond acceptors (Lipinski definition) is 3. The van der Waals surface area contributed by atoms with Crippen molar-refractivity contribution >= 4 is 17.5 Å². The van der Waals surface area contributed by atoms with Crippen molar-refractivity contribution in [2.75, 3.05) is 11.4 Å². The number of benzene rings is 1. The molecule has 0 radical (unpaired) electrons. The maximum atomic E-state index is 14.5. The summed E-state index contributed by atoms with van der Waals surface area (Å²) >= 11 is 0. The number of aryl methyl sites for hydroxylation is 1.